The molecule has 0 atom stereocenters. The molecular weight excluding hydrogens is 373 g/mol. The first-order valence-corrected chi connectivity index (χ1v) is 11.5. The van der Waals surface area contributed by atoms with Gasteiger partial charge < -0.3 is 4.74 Å². The van der Waals surface area contributed by atoms with Crippen LogP contribution in [0, 0.1) is 35.3 Å². The minimum absolute atomic E-state index is 0.108. The fourth-order valence-corrected chi connectivity index (χ4v) is 5.42. The maximum Gasteiger partial charge on any atom is 0.201 e. The highest BCUT2D eigenvalue weighted by atomic mass is 19.2. The molecule has 162 valence electrons. The van der Waals surface area contributed by atoms with Gasteiger partial charge in [-0.25, -0.2) is 8.78 Å². The molecule has 2 fully saturated rings. The zero-order chi connectivity index (χ0) is 20.8. The lowest BCUT2D eigenvalue weighted by molar-refractivity contribution is 0.152. The van der Waals surface area contributed by atoms with Crippen LogP contribution < -0.4 is 4.74 Å². The van der Waals surface area contributed by atoms with Crippen molar-refractivity contribution >= 4 is 5.83 Å². The van der Waals surface area contributed by atoms with E-state index < -0.39 is 17.5 Å². The number of hydrogen-bond acceptors (Lipinski definition) is 1. The van der Waals surface area contributed by atoms with E-state index in [1.807, 2.05) is 0 Å². The van der Waals surface area contributed by atoms with Gasteiger partial charge in [0.05, 0.1) is 6.61 Å². The molecule has 1 nitrogen and oxygen atoms in total. The van der Waals surface area contributed by atoms with E-state index >= 15 is 0 Å². The molecule has 1 aromatic rings. The molecule has 4 heteroatoms. The molecule has 0 heterocycles. The van der Waals surface area contributed by atoms with Gasteiger partial charge in [-0.15, -0.1) is 0 Å². The van der Waals surface area contributed by atoms with Gasteiger partial charge in [-0.1, -0.05) is 32.6 Å². The molecule has 2 aliphatic carbocycles. The molecule has 1 aromatic carbocycles. The Bertz CT molecular complexity index is 684. The van der Waals surface area contributed by atoms with Gasteiger partial charge >= 0.3 is 0 Å². The van der Waals surface area contributed by atoms with Gasteiger partial charge in [0.2, 0.25) is 5.82 Å². The highest BCUT2D eigenvalue weighted by molar-refractivity contribution is 5.61. The zero-order valence-electron chi connectivity index (χ0n) is 17.9. The van der Waals surface area contributed by atoms with Crippen molar-refractivity contribution in [2.75, 3.05) is 6.61 Å². The number of ether oxygens (including phenoxy) is 1. The topological polar surface area (TPSA) is 9.23 Å². The fraction of sp³-hybridized carbons (Fsp3) is 0.680. The Hall–Kier alpha value is -1.45. The van der Waals surface area contributed by atoms with Gasteiger partial charge in [-0.05, 0) is 87.3 Å². The van der Waals surface area contributed by atoms with E-state index in [-0.39, 0.29) is 23.8 Å². The van der Waals surface area contributed by atoms with Crippen LogP contribution in [0.15, 0.2) is 18.2 Å². The van der Waals surface area contributed by atoms with Gasteiger partial charge in [0.1, 0.15) is 5.83 Å². The summed E-state index contributed by atoms with van der Waals surface area (Å²) in [6, 6.07) is 2.58. The van der Waals surface area contributed by atoms with Gasteiger partial charge in [0.25, 0.3) is 0 Å². The van der Waals surface area contributed by atoms with Crippen molar-refractivity contribution in [3.05, 3.63) is 35.4 Å². The minimum atomic E-state index is -1.16. The first kappa shape index (κ1) is 22.2. The number of allylic oxidation sites excluding steroid dienone is 1. The molecular formula is C25H35F3O. The maximum atomic E-state index is 14.7. The van der Waals surface area contributed by atoms with Gasteiger partial charge in [0.15, 0.2) is 11.6 Å². The molecule has 0 amide bonds. The van der Waals surface area contributed by atoms with Crippen LogP contribution in [0.2, 0.25) is 0 Å². The third kappa shape index (κ3) is 5.58. The Kier molecular flexibility index (Phi) is 8.08. The van der Waals surface area contributed by atoms with Crippen LogP contribution in [-0.4, -0.2) is 6.61 Å². The zero-order valence-corrected chi connectivity index (χ0v) is 17.9. The third-order valence-corrected chi connectivity index (χ3v) is 7.06. The van der Waals surface area contributed by atoms with Crippen LogP contribution in [0.1, 0.15) is 83.6 Å². The van der Waals surface area contributed by atoms with Crippen molar-refractivity contribution in [3.63, 3.8) is 0 Å². The molecule has 0 bridgehead atoms. The van der Waals surface area contributed by atoms with Crippen LogP contribution in [0.4, 0.5) is 13.2 Å². The predicted octanol–water partition coefficient (Wildman–Crippen LogP) is 8.09. The molecule has 2 saturated carbocycles. The first-order chi connectivity index (χ1) is 14.0. The average molecular weight is 409 g/mol. The molecule has 0 spiro atoms. The Labute approximate surface area is 173 Å². The standard InChI is InChI=1S/C25H35F3O/c1-3-5-17-6-10-19(11-7-17)20-12-8-18(9-13-20)16-22(26)21-14-15-23(29-4-2)25(28)24(21)27/h14-20H,3-13H2,1-2H3/b22-16-. The van der Waals surface area contributed by atoms with Crippen molar-refractivity contribution in [1.82, 2.24) is 0 Å². The monoisotopic (exact) mass is 408 g/mol. The lowest BCUT2D eigenvalue weighted by Crippen LogP contribution is -2.25. The molecule has 0 aromatic heterocycles. The van der Waals surface area contributed by atoms with E-state index in [1.165, 1.54) is 56.7 Å². The Morgan fingerprint density at radius 1 is 0.931 bits per heavy atom. The second kappa shape index (κ2) is 10.5. The molecule has 3 rings (SSSR count). The summed E-state index contributed by atoms with van der Waals surface area (Å²) in [5.41, 5.74) is -0.303. The number of hydrogen-bond donors (Lipinski definition) is 0. The smallest absolute Gasteiger partial charge is 0.201 e. The van der Waals surface area contributed by atoms with E-state index in [0.717, 1.165) is 43.4 Å². The Morgan fingerprint density at radius 3 is 2.14 bits per heavy atom. The summed E-state index contributed by atoms with van der Waals surface area (Å²) in [6.45, 7) is 4.20. The summed E-state index contributed by atoms with van der Waals surface area (Å²) < 4.78 is 48.0. The van der Waals surface area contributed by atoms with Crippen LogP contribution >= 0.6 is 0 Å². The quantitative estimate of drug-likeness (QED) is 0.443. The van der Waals surface area contributed by atoms with E-state index in [1.54, 1.807) is 6.92 Å². The normalized spacial score (nSPS) is 28.4. The second-order valence-electron chi connectivity index (χ2n) is 8.93. The van der Waals surface area contributed by atoms with E-state index in [2.05, 4.69) is 6.92 Å². The molecule has 2 aliphatic rings. The molecule has 29 heavy (non-hydrogen) atoms. The van der Waals surface area contributed by atoms with Crippen LogP contribution in [0.3, 0.4) is 0 Å². The summed E-state index contributed by atoms with van der Waals surface area (Å²) in [7, 11) is 0. The molecule has 0 unspecified atom stereocenters. The summed E-state index contributed by atoms with van der Waals surface area (Å²) >= 11 is 0. The van der Waals surface area contributed by atoms with E-state index in [4.69, 9.17) is 4.74 Å². The summed E-state index contributed by atoms with van der Waals surface area (Å²) in [5.74, 6) is -0.493. The van der Waals surface area contributed by atoms with Gasteiger partial charge in [-0.2, -0.15) is 4.39 Å². The SMILES string of the molecule is CCCC1CCC(C2CCC(/C=C(\F)c3ccc(OCC)c(F)c3F)CC2)CC1. The van der Waals surface area contributed by atoms with Crippen LogP contribution in [0.25, 0.3) is 5.83 Å². The van der Waals surface area contributed by atoms with Crippen molar-refractivity contribution in [2.24, 2.45) is 23.7 Å². The number of benzene rings is 1. The number of rotatable bonds is 7. The summed E-state index contributed by atoms with van der Waals surface area (Å²) in [6.07, 6.45) is 13.7. The first-order valence-electron chi connectivity index (χ1n) is 11.5. The van der Waals surface area contributed by atoms with E-state index in [0.29, 0.717) is 0 Å². The van der Waals surface area contributed by atoms with Crippen molar-refractivity contribution < 1.29 is 17.9 Å². The average Bonchev–Trinajstić information content (AvgIpc) is 2.73. The molecule has 0 saturated heterocycles. The minimum Gasteiger partial charge on any atom is -0.491 e. The van der Waals surface area contributed by atoms with Gasteiger partial charge in [-0.3, -0.25) is 0 Å². The van der Waals surface area contributed by atoms with E-state index in [9.17, 15) is 13.2 Å². The Balaban J connectivity index is 1.55. The number of halogens is 3. The summed E-state index contributed by atoms with van der Waals surface area (Å²) in [5, 5.41) is 0. The molecule has 0 aliphatic heterocycles. The van der Waals surface area contributed by atoms with Crippen LogP contribution in [0.5, 0.6) is 5.75 Å². The molecule has 0 radical (unpaired) electrons. The largest absolute Gasteiger partial charge is 0.491 e. The summed E-state index contributed by atoms with van der Waals surface area (Å²) in [4.78, 5) is 0. The second-order valence-corrected chi connectivity index (χ2v) is 8.93. The predicted molar refractivity (Wildman–Crippen MR) is 112 cm³/mol. The fourth-order valence-electron chi connectivity index (χ4n) is 5.42. The van der Waals surface area contributed by atoms with Crippen molar-refractivity contribution in [1.29, 1.82) is 0 Å². The van der Waals surface area contributed by atoms with Crippen molar-refractivity contribution in [3.8, 4) is 5.75 Å². The Morgan fingerprint density at radius 2 is 1.55 bits per heavy atom. The lowest BCUT2D eigenvalue weighted by Gasteiger charge is -2.37. The highest BCUT2D eigenvalue weighted by Crippen LogP contribution is 2.43. The van der Waals surface area contributed by atoms with Gasteiger partial charge in [0, 0.05) is 5.56 Å². The highest BCUT2D eigenvalue weighted by Gasteiger charge is 2.30. The third-order valence-electron chi connectivity index (χ3n) is 7.06. The lowest BCUT2D eigenvalue weighted by atomic mass is 9.68. The van der Waals surface area contributed by atoms with Crippen LogP contribution in [-0.2, 0) is 0 Å². The molecule has 0 N–H and O–H groups in total. The maximum absolute atomic E-state index is 14.7. The van der Waals surface area contributed by atoms with Crippen molar-refractivity contribution in [2.45, 2.75) is 78.1 Å².